The first-order valence-electron chi connectivity index (χ1n) is 6.07. The first-order valence-corrected chi connectivity index (χ1v) is 6.45. The maximum Gasteiger partial charge on any atom is 0.244 e. The van der Waals surface area contributed by atoms with Crippen LogP contribution < -0.4 is 5.73 Å². The van der Waals surface area contributed by atoms with Crippen molar-refractivity contribution in [2.75, 3.05) is 0 Å². The van der Waals surface area contributed by atoms with Gasteiger partial charge in [-0.2, -0.15) is 4.98 Å². The van der Waals surface area contributed by atoms with Gasteiger partial charge in [-0.15, -0.1) is 0 Å². The average molecular weight is 284 g/mol. The van der Waals surface area contributed by atoms with E-state index in [0.717, 1.165) is 6.42 Å². The van der Waals surface area contributed by atoms with Crippen LogP contribution >= 0.6 is 11.6 Å². The summed E-state index contributed by atoms with van der Waals surface area (Å²) in [4.78, 5) is 4.23. The smallest absolute Gasteiger partial charge is 0.244 e. The van der Waals surface area contributed by atoms with Gasteiger partial charge in [0.05, 0.1) is 11.1 Å². The molecule has 19 heavy (non-hydrogen) atoms. The molecule has 102 valence electrons. The van der Waals surface area contributed by atoms with E-state index in [1.165, 1.54) is 18.2 Å². The Kier molecular flexibility index (Phi) is 4.17. The zero-order valence-electron chi connectivity index (χ0n) is 10.7. The van der Waals surface area contributed by atoms with Gasteiger partial charge in [0.25, 0.3) is 0 Å². The topological polar surface area (TPSA) is 64.9 Å². The minimum Gasteiger partial charge on any atom is -0.337 e. The Hall–Kier alpha value is -1.46. The van der Waals surface area contributed by atoms with Crippen molar-refractivity contribution in [2.45, 2.75) is 26.3 Å². The number of hydrogen-bond donors (Lipinski definition) is 1. The van der Waals surface area contributed by atoms with E-state index in [0.29, 0.717) is 17.3 Å². The summed E-state index contributed by atoms with van der Waals surface area (Å²) in [6.45, 7) is 4.05. The molecule has 2 aromatic rings. The molecular weight excluding hydrogens is 269 g/mol. The van der Waals surface area contributed by atoms with E-state index in [1.54, 1.807) is 0 Å². The van der Waals surface area contributed by atoms with Crippen LogP contribution in [0.3, 0.4) is 0 Å². The first kappa shape index (κ1) is 14.0. The number of halogens is 2. The fraction of sp³-hybridized carbons (Fsp3) is 0.385. The van der Waals surface area contributed by atoms with Crippen molar-refractivity contribution < 1.29 is 8.91 Å². The van der Waals surface area contributed by atoms with Crippen LogP contribution in [0.15, 0.2) is 22.7 Å². The van der Waals surface area contributed by atoms with Gasteiger partial charge in [-0.25, -0.2) is 4.39 Å². The number of rotatable bonds is 4. The lowest BCUT2D eigenvalue weighted by atomic mass is 10.0. The highest BCUT2D eigenvalue weighted by Crippen LogP contribution is 2.28. The van der Waals surface area contributed by atoms with Crippen molar-refractivity contribution in [3.8, 4) is 11.4 Å². The van der Waals surface area contributed by atoms with Gasteiger partial charge in [0.15, 0.2) is 0 Å². The third kappa shape index (κ3) is 2.93. The Morgan fingerprint density at radius 2 is 2.21 bits per heavy atom. The van der Waals surface area contributed by atoms with Gasteiger partial charge in [0.2, 0.25) is 11.7 Å². The zero-order chi connectivity index (χ0) is 14.0. The summed E-state index contributed by atoms with van der Waals surface area (Å²) in [6.07, 6.45) is 0.913. The molecule has 0 saturated heterocycles. The summed E-state index contributed by atoms with van der Waals surface area (Å²) >= 11 is 5.95. The predicted octanol–water partition coefficient (Wildman–Crippen LogP) is 3.58. The van der Waals surface area contributed by atoms with Crippen LogP contribution in [0.2, 0.25) is 5.02 Å². The molecule has 2 atom stereocenters. The van der Waals surface area contributed by atoms with Crippen molar-refractivity contribution in [2.24, 2.45) is 11.7 Å². The SMILES string of the molecule is CCC(C)C(N)c1nc(-c2ccc(F)cc2Cl)no1. The Morgan fingerprint density at radius 3 is 2.84 bits per heavy atom. The molecule has 6 heteroatoms. The molecule has 4 nitrogen and oxygen atoms in total. The monoisotopic (exact) mass is 283 g/mol. The summed E-state index contributed by atoms with van der Waals surface area (Å²) in [6, 6.07) is 3.71. The van der Waals surface area contributed by atoms with Crippen LogP contribution in [0.1, 0.15) is 32.2 Å². The lowest BCUT2D eigenvalue weighted by Gasteiger charge is -2.12. The summed E-state index contributed by atoms with van der Waals surface area (Å²) in [5.41, 5.74) is 6.54. The molecular formula is C13H15ClFN3O. The third-order valence-corrected chi connectivity index (χ3v) is 3.47. The van der Waals surface area contributed by atoms with Gasteiger partial charge in [0.1, 0.15) is 5.82 Å². The quantitative estimate of drug-likeness (QED) is 0.931. The maximum absolute atomic E-state index is 13.0. The highest BCUT2D eigenvalue weighted by Gasteiger charge is 2.21. The molecule has 0 amide bonds. The van der Waals surface area contributed by atoms with E-state index >= 15 is 0 Å². The number of nitrogens with two attached hydrogens (primary N) is 1. The summed E-state index contributed by atoms with van der Waals surface area (Å²) in [7, 11) is 0. The van der Waals surface area contributed by atoms with Crippen molar-refractivity contribution in [1.29, 1.82) is 0 Å². The minimum atomic E-state index is -0.409. The van der Waals surface area contributed by atoms with Crippen molar-refractivity contribution in [1.82, 2.24) is 10.1 Å². The Labute approximate surface area is 115 Å². The Morgan fingerprint density at radius 1 is 1.47 bits per heavy atom. The molecule has 1 heterocycles. The predicted molar refractivity (Wildman–Crippen MR) is 71.1 cm³/mol. The lowest BCUT2D eigenvalue weighted by molar-refractivity contribution is 0.312. The normalized spacial score (nSPS) is 14.4. The van der Waals surface area contributed by atoms with Gasteiger partial charge in [0, 0.05) is 5.56 Å². The van der Waals surface area contributed by atoms with E-state index in [-0.39, 0.29) is 17.0 Å². The number of benzene rings is 1. The molecule has 0 aliphatic rings. The zero-order valence-corrected chi connectivity index (χ0v) is 11.5. The fourth-order valence-corrected chi connectivity index (χ4v) is 1.90. The minimum absolute atomic E-state index is 0.233. The maximum atomic E-state index is 13.0. The summed E-state index contributed by atoms with van der Waals surface area (Å²) < 4.78 is 18.1. The third-order valence-electron chi connectivity index (χ3n) is 3.16. The molecule has 0 aliphatic heterocycles. The second kappa shape index (κ2) is 5.67. The summed E-state index contributed by atoms with van der Waals surface area (Å²) in [5.74, 6) is 0.509. The lowest BCUT2D eigenvalue weighted by Crippen LogP contribution is -2.18. The van der Waals surface area contributed by atoms with Crippen LogP contribution in [0, 0.1) is 11.7 Å². The van der Waals surface area contributed by atoms with Gasteiger partial charge < -0.3 is 10.3 Å². The van der Waals surface area contributed by atoms with E-state index in [1.807, 2.05) is 13.8 Å². The van der Waals surface area contributed by atoms with E-state index in [2.05, 4.69) is 10.1 Å². The van der Waals surface area contributed by atoms with E-state index < -0.39 is 5.82 Å². The van der Waals surface area contributed by atoms with Crippen LogP contribution in [0.4, 0.5) is 4.39 Å². The van der Waals surface area contributed by atoms with E-state index in [4.69, 9.17) is 21.9 Å². The second-order valence-corrected chi connectivity index (χ2v) is 4.90. The fourth-order valence-electron chi connectivity index (χ4n) is 1.65. The Balaban J connectivity index is 2.30. The van der Waals surface area contributed by atoms with Gasteiger partial charge in [-0.3, -0.25) is 0 Å². The standard InChI is InChI=1S/C13H15ClFN3O/c1-3-7(2)11(16)13-17-12(18-19-13)9-5-4-8(15)6-10(9)14/h4-7,11H,3,16H2,1-2H3. The number of nitrogens with zero attached hydrogens (tertiary/aromatic N) is 2. The molecule has 2 rings (SSSR count). The first-order chi connectivity index (χ1) is 9.02. The highest BCUT2D eigenvalue weighted by atomic mass is 35.5. The van der Waals surface area contributed by atoms with Gasteiger partial charge in [-0.1, -0.05) is 37.0 Å². The van der Waals surface area contributed by atoms with Crippen LogP contribution in [0.5, 0.6) is 0 Å². The van der Waals surface area contributed by atoms with Gasteiger partial charge >= 0.3 is 0 Å². The molecule has 0 spiro atoms. The molecule has 1 aromatic carbocycles. The van der Waals surface area contributed by atoms with Crippen LogP contribution in [0.25, 0.3) is 11.4 Å². The number of hydrogen-bond acceptors (Lipinski definition) is 4. The van der Waals surface area contributed by atoms with Crippen LogP contribution in [-0.4, -0.2) is 10.1 Å². The molecule has 2 unspecified atom stereocenters. The molecule has 0 saturated carbocycles. The van der Waals surface area contributed by atoms with Crippen molar-refractivity contribution >= 4 is 11.6 Å². The average Bonchev–Trinajstić information content (AvgIpc) is 2.86. The second-order valence-electron chi connectivity index (χ2n) is 4.49. The highest BCUT2D eigenvalue weighted by molar-refractivity contribution is 6.33. The molecule has 2 N–H and O–H groups in total. The summed E-state index contributed by atoms with van der Waals surface area (Å²) in [5, 5.41) is 4.08. The van der Waals surface area contributed by atoms with Crippen molar-refractivity contribution in [3.63, 3.8) is 0 Å². The molecule has 0 bridgehead atoms. The Bertz CT molecular complexity index is 573. The molecule has 0 fully saturated rings. The largest absolute Gasteiger partial charge is 0.337 e. The van der Waals surface area contributed by atoms with E-state index in [9.17, 15) is 4.39 Å². The molecule has 0 radical (unpaired) electrons. The van der Waals surface area contributed by atoms with Gasteiger partial charge in [-0.05, 0) is 24.1 Å². The molecule has 1 aromatic heterocycles. The molecule has 0 aliphatic carbocycles. The van der Waals surface area contributed by atoms with Crippen molar-refractivity contribution in [3.05, 3.63) is 34.9 Å². The van der Waals surface area contributed by atoms with Crippen LogP contribution in [-0.2, 0) is 0 Å². The number of aromatic nitrogens is 2.